The Bertz CT molecular complexity index is 3350. The minimum Gasteiger partial charge on any atom is -0.444 e. The molecule has 0 aliphatic rings. The van der Waals surface area contributed by atoms with E-state index in [9.17, 15) is 63.1 Å². The van der Waals surface area contributed by atoms with E-state index < -0.39 is 118 Å². The fourth-order valence-corrected chi connectivity index (χ4v) is 10.2. The van der Waals surface area contributed by atoms with Crippen molar-refractivity contribution in [1.29, 1.82) is 0 Å². The van der Waals surface area contributed by atoms with Gasteiger partial charge in [0.1, 0.15) is 32.7 Å². The van der Waals surface area contributed by atoms with Gasteiger partial charge in [0.15, 0.2) is 33.5 Å². The maximum absolute atomic E-state index is 14.6. The second-order valence-corrected chi connectivity index (χ2v) is 27.3. The molecule has 502 valence electrons. The molecule has 0 aliphatic carbocycles. The van der Waals surface area contributed by atoms with Gasteiger partial charge in [0.2, 0.25) is 0 Å². The van der Waals surface area contributed by atoms with E-state index in [4.69, 9.17) is 29.0 Å². The van der Waals surface area contributed by atoms with Crippen LogP contribution in [-0.4, -0.2) is 99.1 Å². The van der Waals surface area contributed by atoms with Crippen LogP contribution in [0, 0.1) is 23.3 Å². The Balaban J connectivity index is 0.000000527. The molecule has 0 fully saturated rings. The van der Waals surface area contributed by atoms with Crippen LogP contribution in [-0.2, 0) is 44.1 Å². The molecule has 4 aromatic carbocycles. The minimum atomic E-state index is -4.53. The largest absolute Gasteiger partial charge is 0.491 e. The maximum atomic E-state index is 14.6. The van der Waals surface area contributed by atoms with Crippen LogP contribution in [0.4, 0.5) is 73.3 Å². The third-order valence-corrected chi connectivity index (χ3v) is 14.3. The lowest BCUT2D eigenvalue weighted by Crippen LogP contribution is -2.49. The van der Waals surface area contributed by atoms with E-state index >= 15 is 0 Å². The summed E-state index contributed by atoms with van der Waals surface area (Å²) < 4.78 is 154. The number of nitrogens with one attached hydrogen (secondary N) is 2. The summed E-state index contributed by atoms with van der Waals surface area (Å²) in [4.78, 5) is 62.8. The highest BCUT2D eigenvalue weighted by molar-refractivity contribution is 9.11. The summed E-state index contributed by atoms with van der Waals surface area (Å²) in [5.74, 6) is -4.52. The number of hydrogen-bond acceptors (Lipinski definition) is 14. The van der Waals surface area contributed by atoms with Crippen LogP contribution in [0.5, 0.6) is 0 Å². The van der Waals surface area contributed by atoms with Crippen molar-refractivity contribution in [3.05, 3.63) is 144 Å². The number of carbonyl (C=O) groups excluding carboxylic acids is 4. The molecule has 16 nitrogen and oxygen atoms in total. The van der Waals surface area contributed by atoms with Crippen molar-refractivity contribution in [2.45, 2.75) is 158 Å². The summed E-state index contributed by atoms with van der Waals surface area (Å²) >= 11 is 8.71. The minimum absolute atomic E-state index is 0. The molecule has 4 amide bonds. The molecule has 2 aromatic heterocycles. The van der Waals surface area contributed by atoms with Gasteiger partial charge in [-0.15, -0.1) is 11.3 Å². The Labute approximate surface area is 547 Å². The van der Waals surface area contributed by atoms with Crippen molar-refractivity contribution in [2.75, 3.05) is 22.9 Å². The molecule has 0 unspecified atom stereocenters. The van der Waals surface area contributed by atoms with Gasteiger partial charge in [0, 0.05) is 16.4 Å². The van der Waals surface area contributed by atoms with Crippen molar-refractivity contribution in [3.63, 3.8) is 0 Å². The number of aromatic nitrogens is 2. The summed E-state index contributed by atoms with van der Waals surface area (Å²) in [5, 5.41) is 24.4. The number of thiazole rings is 2. The van der Waals surface area contributed by atoms with Gasteiger partial charge in [-0.25, -0.2) is 46.7 Å². The van der Waals surface area contributed by atoms with Crippen LogP contribution in [0.1, 0.15) is 120 Å². The molecular formula is C60H73BBr2F10N6O10S2. The summed E-state index contributed by atoms with van der Waals surface area (Å²) in [6.45, 7) is 19.9. The van der Waals surface area contributed by atoms with E-state index in [2.05, 4.69) is 52.5 Å². The first-order valence-electron chi connectivity index (χ1n) is 26.6. The van der Waals surface area contributed by atoms with Gasteiger partial charge in [-0.1, -0.05) is 68.7 Å². The van der Waals surface area contributed by atoms with Gasteiger partial charge in [0.05, 0.1) is 40.1 Å². The van der Waals surface area contributed by atoms with E-state index in [1.165, 1.54) is 58.7 Å². The zero-order chi connectivity index (χ0) is 67.4. The van der Waals surface area contributed by atoms with Crippen LogP contribution in [0.3, 0.4) is 0 Å². The number of alkyl halides is 6. The lowest BCUT2D eigenvalue weighted by atomic mass is 9.80. The monoisotopic (exact) mass is 1460 g/mol. The highest BCUT2D eigenvalue weighted by Gasteiger charge is 2.35. The highest BCUT2D eigenvalue weighted by atomic mass is 79.9. The van der Waals surface area contributed by atoms with Gasteiger partial charge in [0.25, 0.3) is 0 Å². The molecule has 0 aliphatic heterocycles. The topological polar surface area (TPSA) is 202 Å². The SMILES string of the molecule is C.C.CC(C)(C)OC(=O)N[C@@H](Cc1ccc(C(F)(F)F)cc1)CN(C(=O)OC(C)(C)C)c1nc(-c2cccc(F)c2F)c(Br)s1.CC(C)(C)OC(=O)N[C@@H](Cc1ccc(C(F)(F)F)cc1)CN(C(=O)OC(C)(C)C)c1nc(Br)cs1.OB(O)c1cccc(F)c1F. The fourth-order valence-electron chi connectivity index (χ4n) is 7.38. The standard InChI is InChI=1S/C29H31BrF5N3O4S.C23H29BrF3N3O4S.C6H5BF2O2.2CH4/c1-27(2,3)41-25(39)36-18(14-16-10-12-17(13-11-16)29(33,34)35)15-38(26(40)42-28(4,5)6)24-37-22(23(30)43-24)19-8-7-9-20(31)21(19)32;1-21(2,3)33-19(31)28-16(11-14-7-9-15(10-8-14)23(25,26)27)12-30(18-29-17(24)13-35-18)20(32)34-22(4,5)6;8-5-3-1-2-4(6(5)9)7(10)11;;/h7-13,18H,14-15H2,1-6H3,(H,36,39);7-10,13,16H,11-12H2,1-6H3,(H,28,31);1-3,10-11H;2*1H4/t18-;16-;;;/m00.../s1. The van der Waals surface area contributed by atoms with Crippen molar-refractivity contribution < 1.29 is 92.1 Å². The summed E-state index contributed by atoms with van der Waals surface area (Å²) in [5.41, 5.74) is -4.58. The molecule has 0 radical (unpaired) electrons. The third kappa shape index (κ3) is 27.3. The molecule has 0 saturated heterocycles. The predicted octanol–water partition coefficient (Wildman–Crippen LogP) is 16.5. The van der Waals surface area contributed by atoms with E-state index in [0.717, 1.165) is 58.7 Å². The Morgan fingerprint density at radius 2 is 0.945 bits per heavy atom. The van der Waals surface area contributed by atoms with Crippen LogP contribution in [0.25, 0.3) is 11.3 Å². The maximum Gasteiger partial charge on any atom is 0.491 e. The van der Waals surface area contributed by atoms with Crippen LogP contribution >= 0.6 is 54.5 Å². The smallest absolute Gasteiger partial charge is 0.444 e. The van der Waals surface area contributed by atoms with Gasteiger partial charge >= 0.3 is 43.8 Å². The molecule has 91 heavy (non-hydrogen) atoms. The molecule has 31 heteroatoms. The number of rotatable bonds is 14. The lowest BCUT2D eigenvalue weighted by molar-refractivity contribution is -0.138. The van der Waals surface area contributed by atoms with E-state index in [0.29, 0.717) is 24.6 Å². The fraction of sp³-hybridized carbons (Fsp3) is 0.433. The number of carbonyl (C=O) groups is 4. The quantitative estimate of drug-likeness (QED) is 0.0457. The third-order valence-electron chi connectivity index (χ3n) is 11.0. The molecule has 0 spiro atoms. The van der Waals surface area contributed by atoms with Crippen LogP contribution in [0.2, 0.25) is 0 Å². The average molecular weight is 1460 g/mol. The first kappa shape index (κ1) is 80.6. The summed E-state index contributed by atoms with van der Waals surface area (Å²) in [6, 6.07) is 14.2. The predicted molar refractivity (Wildman–Crippen MR) is 338 cm³/mol. The number of hydrogen-bond donors (Lipinski definition) is 4. The zero-order valence-corrected chi connectivity index (χ0v) is 54.8. The molecule has 4 N–H and O–H groups in total. The van der Waals surface area contributed by atoms with Gasteiger partial charge in [-0.05, 0) is 181 Å². The lowest BCUT2D eigenvalue weighted by Gasteiger charge is -2.30. The number of benzene rings is 4. The Morgan fingerprint density at radius 3 is 1.30 bits per heavy atom. The number of alkyl carbamates (subject to hydrolysis) is 2. The highest BCUT2D eigenvalue weighted by Crippen LogP contribution is 2.40. The van der Waals surface area contributed by atoms with E-state index in [1.54, 1.807) is 88.5 Å². The second kappa shape index (κ2) is 33.3. The molecule has 0 saturated carbocycles. The second-order valence-electron chi connectivity index (χ2n) is 23.4. The Hall–Kier alpha value is -6.54. The van der Waals surface area contributed by atoms with Crippen molar-refractivity contribution in [1.82, 2.24) is 20.6 Å². The summed E-state index contributed by atoms with van der Waals surface area (Å²) in [7, 11) is -1.97. The number of ether oxygens (including phenoxy) is 4. The van der Waals surface area contributed by atoms with Crippen molar-refractivity contribution >= 4 is 102 Å². The Morgan fingerprint density at radius 1 is 0.560 bits per heavy atom. The zero-order valence-electron chi connectivity index (χ0n) is 50.0. The number of anilines is 2. The van der Waals surface area contributed by atoms with Gasteiger partial charge < -0.3 is 39.6 Å². The van der Waals surface area contributed by atoms with E-state index in [-0.39, 0.29) is 57.2 Å². The molecule has 6 aromatic rings. The first-order chi connectivity index (χ1) is 40.8. The van der Waals surface area contributed by atoms with Crippen LogP contribution in [0.15, 0.2) is 98.7 Å². The van der Waals surface area contributed by atoms with Crippen molar-refractivity contribution in [2.24, 2.45) is 0 Å². The normalized spacial score (nSPS) is 12.4. The van der Waals surface area contributed by atoms with Crippen molar-refractivity contribution in [3.8, 4) is 11.3 Å². The number of amides is 4. The molecule has 2 atom stereocenters. The number of nitrogens with zero attached hydrogens (tertiary/aromatic N) is 4. The van der Waals surface area contributed by atoms with E-state index in [1.807, 2.05) is 0 Å². The number of halogens is 12. The average Bonchev–Trinajstić information content (AvgIpc) is 1.70. The molecule has 0 bridgehead atoms. The first-order valence-corrected chi connectivity index (χ1v) is 29.9. The Kier molecular flexibility index (Phi) is 29.5. The van der Waals surface area contributed by atoms with Gasteiger partial charge in [-0.3, -0.25) is 9.80 Å². The molecule has 2 heterocycles. The molecule has 6 rings (SSSR count). The molecular weight excluding hydrogens is 1390 g/mol. The summed E-state index contributed by atoms with van der Waals surface area (Å²) in [6.07, 6.45) is -11.9. The van der Waals surface area contributed by atoms with Crippen LogP contribution < -0.4 is 25.9 Å². The van der Waals surface area contributed by atoms with Gasteiger partial charge in [-0.2, -0.15) is 26.3 Å².